The van der Waals surface area contributed by atoms with Gasteiger partial charge in [-0.3, -0.25) is 0 Å². The van der Waals surface area contributed by atoms with Gasteiger partial charge >= 0.3 is 0 Å². The van der Waals surface area contributed by atoms with Crippen molar-refractivity contribution in [1.29, 1.82) is 0 Å². The van der Waals surface area contributed by atoms with E-state index in [1.807, 2.05) is 0 Å². The molecule has 0 aliphatic heterocycles. The maximum Gasteiger partial charge on any atom is 0.129 e. The van der Waals surface area contributed by atoms with Crippen molar-refractivity contribution in [2.45, 2.75) is 64.7 Å². The van der Waals surface area contributed by atoms with Crippen LogP contribution < -0.4 is 0 Å². The zero-order valence-corrected chi connectivity index (χ0v) is 9.85. The number of hydrogen-bond donors (Lipinski definition) is 0. The summed E-state index contributed by atoms with van der Waals surface area (Å²) >= 11 is 0. The van der Waals surface area contributed by atoms with Crippen molar-refractivity contribution in [2.75, 3.05) is 0 Å². The summed E-state index contributed by atoms with van der Waals surface area (Å²) in [6.45, 7) is 1.68. The van der Waals surface area contributed by atoms with Gasteiger partial charge in [0.1, 0.15) is 5.78 Å². The Kier molecular flexibility index (Phi) is 6.16. The van der Waals surface area contributed by atoms with Gasteiger partial charge in [-0.2, -0.15) is 0 Å². The third-order valence-corrected chi connectivity index (χ3v) is 2.99. The lowest BCUT2D eigenvalue weighted by Gasteiger charge is -2.11. The smallest absolute Gasteiger partial charge is 0.129 e. The Bertz CT molecular complexity index is 244. The van der Waals surface area contributed by atoms with E-state index in [9.17, 15) is 4.79 Å². The molecule has 0 bridgehead atoms. The molecule has 0 heterocycles. The number of Topliss-reactive ketones (excluding diaryl/α,β-unsaturated/α-hetero) is 1. The van der Waals surface area contributed by atoms with Crippen LogP contribution in [-0.2, 0) is 4.79 Å². The Morgan fingerprint density at radius 3 is 2.93 bits per heavy atom. The Morgan fingerprint density at radius 2 is 2.13 bits per heavy atom. The minimum atomic E-state index is 0.318. The van der Waals surface area contributed by atoms with E-state index in [1.165, 1.54) is 38.5 Å². The molecule has 1 nitrogen and oxygen atoms in total. The van der Waals surface area contributed by atoms with Gasteiger partial charge in [-0.05, 0) is 32.6 Å². The molecule has 0 N–H and O–H groups in total. The van der Waals surface area contributed by atoms with Crippen molar-refractivity contribution in [3.8, 4) is 11.8 Å². The van der Waals surface area contributed by atoms with Gasteiger partial charge in [0, 0.05) is 18.8 Å². The van der Waals surface area contributed by atoms with Crippen molar-refractivity contribution < 1.29 is 4.79 Å². The third-order valence-electron chi connectivity index (χ3n) is 2.99. The predicted molar refractivity (Wildman–Crippen MR) is 63.5 cm³/mol. The largest absolute Gasteiger partial charge is 0.300 e. The van der Waals surface area contributed by atoms with Crippen LogP contribution in [0.15, 0.2) is 0 Å². The Morgan fingerprint density at radius 1 is 1.27 bits per heavy atom. The maximum absolute atomic E-state index is 10.8. The van der Waals surface area contributed by atoms with Crippen LogP contribution in [0, 0.1) is 17.8 Å². The van der Waals surface area contributed by atoms with Crippen molar-refractivity contribution in [1.82, 2.24) is 0 Å². The quantitative estimate of drug-likeness (QED) is 0.495. The molecule has 0 radical (unpaired) electrons. The lowest BCUT2D eigenvalue weighted by molar-refractivity contribution is -0.117. The number of rotatable bonds is 5. The fourth-order valence-corrected chi connectivity index (χ4v) is 2.05. The fraction of sp³-hybridized carbons (Fsp3) is 0.786. The van der Waals surface area contributed by atoms with Gasteiger partial charge in [0.25, 0.3) is 0 Å². The summed E-state index contributed by atoms with van der Waals surface area (Å²) in [6.07, 6.45) is 10.5. The van der Waals surface area contributed by atoms with Crippen LogP contribution in [0.5, 0.6) is 0 Å². The zero-order valence-electron chi connectivity index (χ0n) is 9.85. The Labute approximate surface area is 93.6 Å². The van der Waals surface area contributed by atoms with Gasteiger partial charge in [0.05, 0.1) is 0 Å². The average Bonchev–Trinajstić information content (AvgIpc) is 2.14. The van der Waals surface area contributed by atoms with Gasteiger partial charge in [-0.25, -0.2) is 0 Å². The van der Waals surface area contributed by atoms with Crippen LogP contribution in [0.2, 0.25) is 0 Å². The second-order valence-electron chi connectivity index (χ2n) is 4.57. The molecule has 15 heavy (non-hydrogen) atoms. The molecular weight excluding hydrogens is 184 g/mol. The van der Waals surface area contributed by atoms with E-state index < -0.39 is 0 Å². The van der Waals surface area contributed by atoms with Gasteiger partial charge in [0.2, 0.25) is 0 Å². The average molecular weight is 206 g/mol. The van der Waals surface area contributed by atoms with Crippen LogP contribution in [0.3, 0.4) is 0 Å². The predicted octanol–water partition coefficient (Wildman–Crippen LogP) is 3.72. The summed E-state index contributed by atoms with van der Waals surface area (Å²) in [5.41, 5.74) is 0. The standard InChI is InChI=1S/C14H22O/c1-13(15)9-7-8-12-14-10-5-3-2-4-6-11-14/h14H,2-5,7-10,12H2,1H3. The molecule has 1 unspecified atom stereocenters. The SMILES string of the molecule is CC(=O)CCCCC1C#CCCCCC1. The normalized spacial score (nSPS) is 21.0. The molecule has 0 saturated heterocycles. The van der Waals surface area contributed by atoms with E-state index in [2.05, 4.69) is 11.8 Å². The fourth-order valence-electron chi connectivity index (χ4n) is 2.05. The molecular formula is C14H22O. The highest BCUT2D eigenvalue weighted by atomic mass is 16.1. The molecule has 0 spiro atoms. The first kappa shape index (κ1) is 12.3. The van der Waals surface area contributed by atoms with Crippen molar-refractivity contribution in [3.63, 3.8) is 0 Å². The van der Waals surface area contributed by atoms with Crippen LogP contribution in [0.25, 0.3) is 0 Å². The highest BCUT2D eigenvalue weighted by Gasteiger charge is 2.06. The van der Waals surface area contributed by atoms with Crippen LogP contribution in [0.1, 0.15) is 64.7 Å². The summed E-state index contributed by atoms with van der Waals surface area (Å²) in [7, 11) is 0. The number of carbonyl (C=O) groups excluding carboxylic acids is 1. The van der Waals surface area contributed by atoms with E-state index >= 15 is 0 Å². The molecule has 0 aromatic heterocycles. The number of carbonyl (C=O) groups is 1. The molecule has 0 fully saturated rings. The summed E-state index contributed by atoms with van der Waals surface area (Å²) in [5, 5.41) is 0. The third kappa shape index (κ3) is 6.33. The molecule has 0 aromatic carbocycles. The highest BCUT2D eigenvalue weighted by Crippen LogP contribution is 2.18. The highest BCUT2D eigenvalue weighted by molar-refractivity contribution is 5.75. The van der Waals surface area contributed by atoms with E-state index in [0.29, 0.717) is 11.7 Å². The van der Waals surface area contributed by atoms with Crippen molar-refractivity contribution in [3.05, 3.63) is 0 Å². The maximum atomic E-state index is 10.8. The monoisotopic (exact) mass is 206 g/mol. The lowest BCUT2D eigenvalue weighted by Crippen LogP contribution is -2.00. The molecule has 84 valence electrons. The van der Waals surface area contributed by atoms with Crippen molar-refractivity contribution >= 4 is 5.78 Å². The first-order chi connectivity index (χ1) is 7.29. The molecule has 1 heteroatoms. The molecule has 0 saturated carbocycles. The number of unbranched alkanes of at least 4 members (excludes halogenated alkanes) is 1. The van der Waals surface area contributed by atoms with Crippen LogP contribution >= 0.6 is 0 Å². The van der Waals surface area contributed by atoms with Crippen LogP contribution in [0.4, 0.5) is 0 Å². The molecule has 1 rings (SSSR count). The second kappa shape index (κ2) is 7.51. The van der Waals surface area contributed by atoms with E-state index in [0.717, 1.165) is 19.3 Å². The van der Waals surface area contributed by atoms with Gasteiger partial charge < -0.3 is 4.79 Å². The first-order valence-corrected chi connectivity index (χ1v) is 6.27. The van der Waals surface area contributed by atoms with Crippen LogP contribution in [-0.4, -0.2) is 5.78 Å². The van der Waals surface area contributed by atoms with E-state index in [-0.39, 0.29) is 0 Å². The van der Waals surface area contributed by atoms with Crippen molar-refractivity contribution in [2.24, 2.45) is 5.92 Å². The number of ketones is 1. The topological polar surface area (TPSA) is 17.1 Å². The van der Waals surface area contributed by atoms with E-state index in [1.54, 1.807) is 6.92 Å². The van der Waals surface area contributed by atoms with Gasteiger partial charge in [-0.1, -0.05) is 25.2 Å². The summed E-state index contributed by atoms with van der Waals surface area (Å²) in [4.78, 5) is 10.8. The molecule has 0 aromatic rings. The summed E-state index contributed by atoms with van der Waals surface area (Å²) in [5.74, 6) is 7.57. The minimum absolute atomic E-state index is 0.318. The molecule has 0 amide bonds. The van der Waals surface area contributed by atoms with Gasteiger partial charge in [0.15, 0.2) is 0 Å². The summed E-state index contributed by atoms with van der Waals surface area (Å²) in [6, 6.07) is 0. The first-order valence-electron chi connectivity index (χ1n) is 6.27. The van der Waals surface area contributed by atoms with E-state index in [4.69, 9.17) is 0 Å². The molecule has 1 aliphatic carbocycles. The molecule has 1 atom stereocenters. The Hall–Kier alpha value is -0.770. The zero-order chi connectivity index (χ0) is 10.9. The Balaban J connectivity index is 2.15. The summed E-state index contributed by atoms with van der Waals surface area (Å²) < 4.78 is 0. The number of hydrogen-bond acceptors (Lipinski definition) is 1. The second-order valence-corrected chi connectivity index (χ2v) is 4.57. The molecule has 1 aliphatic rings. The lowest BCUT2D eigenvalue weighted by atomic mass is 9.93. The minimum Gasteiger partial charge on any atom is -0.300 e. The van der Waals surface area contributed by atoms with Gasteiger partial charge in [-0.15, -0.1) is 5.92 Å².